The second-order valence-electron chi connectivity index (χ2n) is 6.16. The van der Waals surface area contributed by atoms with Crippen molar-refractivity contribution in [3.63, 3.8) is 0 Å². The molecular formula is C16H23N3O3. The Hall–Kier alpha value is -1.85. The third kappa shape index (κ3) is 2.62. The Bertz CT molecular complexity index is 709. The van der Waals surface area contributed by atoms with Crippen LogP contribution in [0.2, 0.25) is 0 Å². The summed E-state index contributed by atoms with van der Waals surface area (Å²) in [6, 6.07) is 0. The van der Waals surface area contributed by atoms with Gasteiger partial charge in [0.25, 0.3) is 5.56 Å². The predicted octanol–water partition coefficient (Wildman–Crippen LogP) is 1.89. The Morgan fingerprint density at radius 3 is 2.68 bits per heavy atom. The second-order valence-corrected chi connectivity index (χ2v) is 6.16. The Morgan fingerprint density at radius 1 is 1.27 bits per heavy atom. The molecule has 0 aromatic carbocycles. The topological polar surface area (TPSA) is 65.6 Å². The van der Waals surface area contributed by atoms with Gasteiger partial charge in [-0.3, -0.25) is 13.9 Å². The lowest BCUT2D eigenvalue weighted by molar-refractivity contribution is 0.193. The minimum Gasteiger partial charge on any atom is -0.477 e. The van der Waals surface area contributed by atoms with Gasteiger partial charge in [-0.05, 0) is 32.1 Å². The predicted molar refractivity (Wildman–Crippen MR) is 85.0 cm³/mol. The van der Waals surface area contributed by atoms with Gasteiger partial charge in [-0.2, -0.15) is 4.99 Å². The molecule has 1 saturated carbocycles. The Kier molecular flexibility index (Phi) is 4.18. The molecule has 0 saturated heterocycles. The van der Waals surface area contributed by atoms with Crippen LogP contribution in [0, 0.1) is 0 Å². The van der Waals surface area contributed by atoms with Gasteiger partial charge in [0, 0.05) is 13.6 Å². The number of fused-ring (bicyclic) bond motifs is 1. The van der Waals surface area contributed by atoms with Crippen molar-refractivity contribution in [1.29, 1.82) is 0 Å². The number of rotatable bonds is 4. The molecule has 6 heteroatoms. The Balaban J connectivity index is 1.90. The maximum atomic E-state index is 12.5. The van der Waals surface area contributed by atoms with E-state index in [0.717, 1.165) is 25.7 Å². The molecule has 0 N–H and O–H groups in total. The highest BCUT2D eigenvalue weighted by atomic mass is 16.5. The van der Waals surface area contributed by atoms with E-state index in [9.17, 15) is 9.59 Å². The highest BCUT2D eigenvalue weighted by Gasteiger charge is 2.27. The zero-order chi connectivity index (χ0) is 15.7. The molecule has 2 heterocycles. The molecule has 22 heavy (non-hydrogen) atoms. The lowest BCUT2D eigenvalue weighted by atomic mass is 10.2. The van der Waals surface area contributed by atoms with Crippen molar-refractivity contribution in [3.8, 4) is 0 Å². The highest BCUT2D eigenvalue weighted by Crippen LogP contribution is 2.26. The molecule has 1 aliphatic heterocycles. The van der Waals surface area contributed by atoms with Crippen molar-refractivity contribution in [1.82, 2.24) is 9.13 Å². The van der Waals surface area contributed by atoms with Crippen molar-refractivity contribution in [2.75, 3.05) is 0 Å². The molecule has 0 atom stereocenters. The van der Waals surface area contributed by atoms with E-state index in [2.05, 4.69) is 4.99 Å². The van der Waals surface area contributed by atoms with E-state index < -0.39 is 0 Å². The molecule has 0 amide bonds. The lowest BCUT2D eigenvalue weighted by Crippen LogP contribution is -2.40. The van der Waals surface area contributed by atoms with Crippen LogP contribution >= 0.6 is 0 Å². The molecule has 2 aliphatic rings. The van der Waals surface area contributed by atoms with Gasteiger partial charge in [-0.15, -0.1) is 0 Å². The first kappa shape index (κ1) is 15.1. The molecule has 0 bridgehead atoms. The van der Waals surface area contributed by atoms with E-state index in [-0.39, 0.29) is 17.4 Å². The van der Waals surface area contributed by atoms with E-state index in [1.54, 1.807) is 7.05 Å². The van der Waals surface area contributed by atoms with E-state index >= 15 is 0 Å². The smallest absolute Gasteiger partial charge is 0.332 e. The summed E-state index contributed by atoms with van der Waals surface area (Å²) in [7, 11) is 1.67. The number of unbranched alkanes of at least 4 members (excludes halogenated alkanes) is 1. The zero-order valence-corrected chi connectivity index (χ0v) is 13.3. The highest BCUT2D eigenvalue weighted by molar-refractivity contribution is 5.86. The summed E-state index contributed by atoms with van der Waals surface area (Å²) >= 11 is 0. The van der Waals surface area contributed by atoms with Crippen LogP contribution in [0.4, 0.5) is 5.82 Å². The SMILES string of the molecule is CCCCn1c(=O)c2c(n(C)c1=O)N=C(OC1CCCC1)C2. The minimum atomic E-state index is -0.289. The van der Waals surface area contributed by atoms with Crippen LogP contribution in [0.3, 0.4) is 0 Å². The third-order valence-corrected chi connectivity index (χ3v) is 4.51. The van der Waals surface area contributed by atoms with Gasteiger partial charge in [0.05, 0.1) is 12.0 Å². The molecule has 120 valence electrons. The van der Waals surface area contributed by atoms with Crippen LogP contribution in [-0.2, 0) is 24.8 Å². The van der Waals surface area contributed by atoms with Gasteiger partial charge in [0.15, 0.2) is 5.90 Å². The van der Waals surface area contributed by atoms with Gasteiger partial charge in [0.1, 0.15) is 11.9 Å². The fourth-order valence-electron chi connectivity index (χ4n) is 3.21. The molecule has 0 unspecified atom stereocenters. The van der Waals surface area contributed by atoms with Gasteiger partial charge >= 0.3 is 5.69 Å². The van der Waals surface area contributed by atoms with Crippen LogP contribution in [0.1, 0.15) is 51.0 Å². The van der Waals surface area contributed by atoms with Crippen molar-refractivity contribution >= 4 is 11.7 Å². The fourth-order valence-corrected chi connectivity index (χ4v) is 3.21. The normalized spacial score (nSPS) is 17.6. The first-order valence-corrected chi connectivity index (χ1v) is 8.18. The second kappa shape index (κ2) is 6.10. The molecule has 1 aromatic rings. The summed E-state index contributed by atoms with van der Waals surface area (Å²) in [5, 5.41) is 0. The van der Waals surface area contributed by atoms with Crippen molar-refractivity contribution in [2.24, 2.45) is 12.0 Å². The maximum absolute atomic E-state index is 12.5. The van der Waals surface area contributed by atoms with Gasteiger partial charge < -0.3 is 4.74 Å². The van der Waals surface area contributed by atoms with Crippen molar-refractivity contribution in [2.45, 2.75) is 64.5 Å². The largest absolute Gasteiger partial charge is 0.477 e. The minimum absolute atomic E-state index is 0.208. The Morgan fingerprint density at radius 2 is 2.00 bits per heavy atom. The molecular weight excluding hydrogens is 282 g/mol. The van der Waals surface area contributed by atoms with Crippen LogP contribution in [0.5, 0.6) is 0 Å². The zero-order valence-electron chi connectivity index (χ0n) is 13.3. The molecule has 3 rings (SSSR count). The quantitative estimate of drug-likeness (QED) is 0.853. The van der Waals surface area contributed by atoms with Crippen LogP contribution in [-0.4, -0.2) is 21.1 Å². The standard InChI is InChI=1S/C16H23N3O3/c1-3-4-9-19-15(20)12-10-13(22-11-7-5-6-8-11)17-14(12)18(2)16(19)21/h11H,3-10H2,1-2H3. The van der Waals surface area contributed by atoms with Crippen LogP contribution < -0.4 is 11.2 Å². The molecule has 6 nitrogen and oxygen atoms in total. The summed E-state index contributed by atoms with van der Waals surface area (Å²) in [5.74, 6) is 1.05. The average Bonchev–Trinajstić information content (AvgIpc) is 3.15. The molecule has 1 aliphatic carbocycles. The molecule has 1 fully saturated rings. The average molecular weight is 305 g/mol. The van der Waals surface area contributed by atoms with E-state index in [0.29, 0.717) is 30.2 Å². The summed E-state index contributed by atoms with van der Waals surface area (Å²) in [5.41, 5.74) is 0.0922. The molecule has 0 spiro atoms. The van der Waals surface area contributed by atoms with Gasteiger partial charge in [-0.25, -0.2) is 4.79 Å². The first-order chi connectivity index (χ1) is 10.6. The van der Waals surface area contributed by atoms with Crippen LogP contribution in [0.25, 0.3) is 0 Å². The van der Waals surface area contributed by atoms with Crippen LogP contribution in [0.15, 0.2) is 14.6 Å². The number of aliphatic imine (C=N–C) groups is 1. The number of hydrogen-bond donors (Lipinski definition) is 0. The van der Waals surface area contributed by atoms with E-state index in [1.165, 1.54) is 22.0 Å². The summed E-state index contributed by atoms with van der Waals surface area (Å²) in [4.78, 5) is 29.3. The number of ether oxygens (including phenoxy) is 1. The fraction of sp³-hybridized carbons (Fsp3) is 0.688. The molecule has 1 aromatic heterocycles. The maximum Gasteiger partial charge on any atom is 0.332 e. The number of hydrogen-bond acceptors (Lipinski definition) is 4. The monoisotopic (exact) mass is 305 g/mol. The van der Waals surface area contributed by atoms with Crippen molar-refractivity contribution < 1.29 is 4.74 Å². The van der Waals surface area contributed by atoms with Gasteiger partial charge in [0.2, 0.25) is 0 Å². The third-order valence-electron chi connectivity index (χ3n) is 4.51. The summed E-state index contributed by atoms with van der Waals surface area (Å²) in [6.45, 7) is 2.51. The molecule has 0 radical (unpaired) electrons. The number of nitrogens with zero attached hydrogens (tertiary/aromatic N) is 3. The van der Waals surface area contributed by atoms with E-state index in [4.69, 9.17) is 4.74 Å². The lowest BCUT2D eigenvalue weighted by Gasteiger charge is -2.11. The first-order valence-electron chi connectivity index (χ1n) is 8.18. The Labute approximate surface area is 129 Å². The van der Waals surface area contributed by atoms with Crippen molar-refractivity contribution in [3.05, 3.63) is 26.4 Å². The number of aromatic nitrogens is 2. The summed E-state index contributed by atoms with van der Waals surface area (Å²) in [6.07, 6.45) is 6.86. The summed E-state index contributed by atoms with van der Waals surface area (Å²) < 4.78 is 8.71. The van der Waals surface area contributed by atoms with Gasteiger partial charge in [-0.1, -0.05) is 13.3 Å². The van der Waals surface area contributed by atoms with E-state index in [1.807, 2.05) is 6.92 Å².